The second-order valence-corrected chi connectivity index (χ2v) is 5.72. The lowest BCUT2D eigenvalue weighted by Crippen LogP contribution is -2.42. The highest BCUT2D eigenvalue weighted by molar-refractivity contribution is 5.85. The minimum Gasteiger partial charge on any atom is -0.362 e. The Bertz CT molecular complexity index is 225. The quantitative estimate of drug-likeness (QED) is 0.844. The number of hydrogen-bond donors (Lipinski definition) is 1. The van der Waals surface area contributed by atoms with E-state index >= 15 is 0 Å². The van der Waals surface area contributed by atoms with Gasteiger partial charge in [-0.05, 0) is 52.5 Å². The smallest absolute Gasteiger partial charge is 0.108 e. The molecule has 4 heteroatoms. The summed E-state index contributed by atoms with van der Waals surface area (Å²) in [4.78, 5) is 2.60. The van der Waals surface area contributed by atoms with Crippen molar-refractivity contribution in [3.63, 3.8) is 0 Å². The number of likely N-dealkylation sites (tertiary alicyclic amines) is 1. The van der Waals surface area contributed by atoms with Crippen molar-refractivity contribution in [1.29, 1.82) is 0 Å². The highest BCUT2D eigenvalue weighted by Crippen LogP contribution is 2.24. The number of nitrogens with zero attached hydrogens (tertiary/aromatic N) is 1. The summed E-state index contributed by atoms with van der Waals surface area (Å²) in [7, 11) is 0. The van der Waals surface area contributed by atoms with Crippen molar-refractivity contribution in [2.24, 2.45) is 5.92 Å². The molecule has 17 heavy (non-hydrogen) atoms. The summed E-state index contributed by atoms with van der Waals surface area (Å²) in [5.41, 5.74) is 0. The van der Waals surface area contributed by atoms with Crippen LogP contribution in [0, 0.1) is 5.92 Å². The molecule has 2 rings (SSSR count). The highest BCUT2D eigenvalue weighted by Gasteiger charge is 2.27. The first-order valence-electron chi connectivity index (χ1n) is 6.77. The summed E-state index contributed by atoms with van der Waals surface area (Å²) in [6, 6.07) is 1.23. The Balaban J connectivity index is 0.00000144. The van der Waals surface area contributed by atoms with Gasteiger partial charge in [0.2, 0.25) is 0 Å². The molecule has 2 fully saturated rings. The van der Waals surface area contributed by atoms with E-state index in [1.807, 2.05) is 0 Å². The molecule has 0 spiro atoms. The van der Waals surface area contributed by atoms with Crippen LogP contribution in [-0.2, 0) is 4.74 Å². The molecule has 3 atom stereocenters. The SMILES string of the molecule is CC1COC(CC2CCCN(C(C)C)C2)N1.Cl. The zero-order valence-corrected chi connectivity index (χ0v) is 12.1. The topological polar surface area (TPSA) is 24.5 Å². The van der Waals surface area contributed by atoms with Gasteiger partial charge in [-0.2, -0.15) is 0 Å². The Morgan fingerprint density at radius 2 is 2.18 bits per heavy atom. The van der Waals surface area contributed by atoms with Crippen LogP contribution in [0.2, 0.25) is 0 Å². The third kappa shape index (κ3) is 4.40. The third-order valence-corrected chi connectivity index (χ3v) is 3.85. The Kier molecular flexibility index (Phi) is 6.21. The molecule has 0 aromatic rings. The molecule has 3 nitrogen and oxygen atoms in total. The molecule has 102 valence electrons. The van der Waals surface area contributed by atoms with Crippen LogP contribution in [0.5, 0.6) is 0 Å². The predicted molar refractivity (Wildman–Crippen MR) is 73.6 cm³/mol. The third-order valence-electron chi connectivity index (χ3n) is 3.85. The molecule has 0 amide bonds. The van der Waals surface area contributed by atoms with Gasteiger partial charge in [0.1, 0.15) is 6.23 Å². The van der Waals surface area contributed by atoms with E-state index in [1.54, 1.807) is 0 Å². The molecule has 2 aliphatic rings. The summed E-state index contributed by atoms with van der Waals surface area (Å²) >= 11 is 0. The van der Waals surface area contributed by atoms with Gasteiger partial charge in [0.25, 0.3) is 0 Å². The molecular formula is C13H27ClN2O. The summed E-state index contributed by atoms with van der Waals surface area (Å²) in [5.74, 6) is 0.818. The summed E-state index contributed by atoms with van der Waals surface area (Å²) in [5, 5.41) is 3.50. The number of halogens is 1. The summed E-state index contributed by atoms with van der Waals surface area (Å²) in [6.07, 6.45) is 4.23. The summed E-state index contributed by atoms with van der Waals surface area (Å²) < 4.78 is 5.73. The molecule has 2 saturated heterocycles. The van der Waals surface area contributed by atoms with E-state index in [2.05, 4.69) is 31.0 Å². The minimum atomic E-state index is 0. The fraction of sp³-hybridized carbons (Fsp3) is 1.00. The van der Waals surface area contributed by atoms with Gasteiger partial charge in [0.05, 0.1) is 6.61 Å². The van der Waals surface area contributed by atoms with Crippen molar-refractivity contribution >= 4 is 12.4 Å². The molecule has 0 aromatic heterocycles. The normalized spacial score (nSPS) is 34.9. The number of ether oxygens (including phenoxy) is 1. The second-order valence-electron chi connectivity index (χ2n) is 5.72. The van der Waals surface area contributed by atoms with Gasteiger partial charge in [-0.15, -0.1) is 12.4 Å². The lowest BCUT2D eigenvalue weighted by Gasteiger charge is -2.36. The van der Waals surface area contributed by atoms with E-state index in [1.165, 1.54) is 32.4 Å². The zero-order valence-electron chi connectivity index (χ0n) is 11.3. The van der Waals surface area contributed by atoms with E-state index < -0.39 is 0 Å². The maximum absolute atomic E-state index is 5.73. The second kappa shape index (κ2) is 6.93. The van der Waals surface area contributed by atoms with E-state index in [9.17, 15) is 0 Å². The number of piperidine rings is 1. The van der Waals surface area contributed by atoms with Gasteiger partial charge >= 0.3 is 0 Å². The van der Waals surface area contributed by atoms with Gasteiger partial charge in [-0.3, -0.25) is 5.32 Å². The molecule has 0 radical (unpaired) electrons. The maximum atomic E-state index is 5.73. The van der Waals surface area contributed by atoms with E-state index in [4.69, 9.17) is 4.74 Å². The molecule has 2 aliphatic heterocycles. The Morgan fingerprint density at radius 1 is 1.41 bits per heavy atom. The van der Waals surface area contributed by atoms with Crippen LogP contribution < -0.4 is 5.32 Å². The lowest BCUT2D eigenvalue weighted by molar-refractivity contribution is 0.0541. The van der Waals surface area contributed by atoms with Crippen molar-refractivity contribution in [3.8, 4) is 0 Å². The molecule has 0 aliphatic carbocycles. The van der Waals surface area contributed by atoms with E-state index in [-0.39, 0.29) is 12.4 Å². The maximum Gasteiger partial charge on any atom is 0.108 e. The molecule has 0 saturated carbocycles. The van der Waals surface area contributed by atoms with Gasteiger partial charge in [-0.1, -0.05) is 0 Å². The molecule has 0 bridgehead atoms. The van der Waals surface area contributed by atoms with Crippen LogP contribution in [-0.4, -0.2) is 42.9 Å². The molecular weight excluding hydrogens is 236 g/mol. The summed E-state index contributed by atoms with van der Waals surface area (Å²) in [6.45, 7) is 10.2. The fourth-order valence-corrected chi connectivity index (χ4v) is 2.87. The zero-order chi connectivity index (χ0) is 11.5. The largest absolute Gasteiger partial charge is 0.362 e. The van der Waals surface area contributed by atoms with Crippen LogP contribution >= 0.6 is 12.4 Å². The highest BCUT2D eigenvalue weighted by atomic mass is 35.5. The molecule has 0 aromatic carbocycles. The first kappa shape index (κ1) is 15.2. The lowest BCUT2D eigenvalue weighted by atomic mass is 9.93. The van der Waals surface area contributed by atoms with Crippen molar-refractivity contribution in [3.05, 3.63) is 0 Å². The average Bonchev–Trinajstić information content (AvgIpc) is 2.64. The van der Waals surface area contributed by atoms with E-state index in [0.29, 0.717) is 18.3 Å². The van der Waals surface area contributed by atoms with Crippen LogP contribution in [0.4, 0.5) is 0 Å². The van der Waals surface area contributed by atoms with Crippen LogP contribution in [0.15, 0.2) is 0 Å². The Labute approximate surface area is 112 Å². The van der Waals surface area contributed by atoms with E-state index in [0.717, 1.165) is 12.5 Å². The number of rotatable bonds is 3. The van der Waals surface area contributed by atoms with Crippen molar-refractivity contribution in [2.75, 3.05) is 19.7 Å². The van der Waals surface area contributed by atoms with Gasteiger partial charge < -0.3 is 9.64 Å². The number of nitrogens with one attached hydrogen (secondary N) is 1. The van der Waals surface area contributed by atoms with Crippen LogP contribution in [0.25, 0.3) is 0 Å². The first-order chi connectivity index (χ1) is 7.65. The Hall–Kier alpha value is 0.170. The van der Waals surface area contributed by atoms with Crippen LogP contribution in [0.3, 0.4) is 0 Å². The number of hydrogen-bond acceptors (Lipinski definition) is 3. The predicted octanol–water partition coefficient (Wildman–Crippen LogP) is 2.25. The van der Waals surface area contributed by atoms with Crippen molar-refractivity contribution in [1.82, 2.24) is 10.2 Å². The minimum absolute atomic E-state index is 0. The van der Waals surface area contributed by atoms with Crippen LogP contribution in [0.1, 0.15) is 40.0 Å². The van der Waals surface area contributed by atoms with Gasteiger partial charge in [0.15, 0.2) is 0 Å². The molecule has 3 unspecified atom stereocenters. The van der Waals surface area contributed by atoms with Crippen molar-refractivity contribution in [2.45, 2.75) is 58.3 Å². The standard InChI is InChI=1S/C13H26N2O.ClH/c1-10(2)15-6-4-5-12(8-15)7-13-14-11(3)9-16-13;/h10-14H,4-9H2,1-3H3;1H. The Morgan fingerprint density at radius 3 is 2.76 bits per heavy atom. The van der Waals surface area contributed by atoms with Crippen molar-refractivity contribution < 1.29 is 4.74 Å². The monoisotopic (exact) mass is 262 g/mol. The molecule has 1 N–H and O–H groups in total. The van der Waals surface area contributed by atoms with Gasteiger partial charge in [-0.25, -0.2) is 0 Å². The molecule has 2 heterocycles. The van der Waals surface area contributed by atoms with Gasteiger partial charge in [0, 0.05) is 18.6 Å². The fourth-order valence-electron chi connectivity index (χ4n) is 2.87. The first-order valence-corrected chi connectivity index (χ1v) is 6.77. The average molecular weight is 263 g/mol.